The molecule has 0 fully saturated rings. The number of fused-ring (bicyclic) bond motifs is 2. The zero-order chi connectivity index (χ0) is 16.4. The van der Waals surface area contributed by atoms with Crippen molar-refractivity contribution < 1.29 is 4.74 Å². The summed E-state index contributed by atoms with van der Waals surface area (Å²) in [6, 6.07) is 22.1. The summed E-state index contributed by atoms with van der Waals surface area (Å²) in [6.45, 7) is 0.878. The van der Waals surface area contributed by atoms with Gasteiger partial charge in [-0.2, -0.15) is 0 Å². The number of hydrogen-bond donors (Lipinski definition) is 1. The first-order chi connectivity index (χ1) is 11.9. The molecule has 122 valence electrons. The lowest BCUT2D eigenvalue weighted by molar-refractivity contribution is 0.419. The number of ether oxygens (including phenoxy) is 1. The van der Waals surface area contributed by atoms with Gasteiger partial charge in [-0.15, -0.1) is 0 Å². The van der Waals surface area contributed by atoms with Crippen molar-refractivity contribution in [2.75, 3.05) is 7.11 Å². The molecular formula is C22H23NO. The van der Waals surface area contributed by atoms with E-state index in [2.05, 4.69) is 66.0 Å². The summed E-state index contributed by atoms with van der Waals surface area (Å²) in [6.07, 6.45) is 3.68. The molecule has 2 heteroatoms. The molecule has 0 amide bonds. The highest BCUT2D eigenvalue weighted by Crippen LogP contribution is 2.31. The lowest BCUT2D eigenvalue weighted by Crippen LogP contribution is -2.24. The van der Waals surface area contributed by atoms with Crippen molar-refractivity contribution in [1.82, 2.24) is 5.32 Å². The first kappa shape index (κ1) is 15.2. The molecule has 1 aliphatic carbocycles. The van der Waals surface area contributed by atoms with Crippen LogP contribution in [0.2, 0.25) is 0 Å². The van der Waals surface area contributed by atoms with Crippen molar-refractivity contribution in [2.24, 2.45) is 0 Å². The standard InChI is InChI=1S/C22H23NO/c1-24-22-14-13-17(18-9-4-5-11-20(18)22)15-23-21-12-6-8-16-7-2-3-10-19(16)21/h2-5,7,9-11,13-14,21,23H,6,8,12,15H2,1H3. The van der Waals surface area contributed by atoms with E-state index in [0.717, 1.165) is 12.3 Å². The second-order valence-corrected chi connectivity index (χ2v) is 6.50. The van der Waals surface area contributed by atoms with Crippen molar-refractivity contribution in [3.63, 3.8) is 0 Å². The van der Waals surface area contributed by atoms with Gasteiger partial charge < -0.3 is 10.1 Å². The van der Waals surface area contributed by atoms with E-state index in [4.69, 9.17) is 4.74 Å². The van der Waals surface area contributed by atoms with E-state index in [1.54, 1.807) is 7.11 Å². The Balaban J connectivity index is 1.60. The fourth-order valence-corrected chi connectivity index (χ4v) is 3.87. The molecule has 0 saturated heterocycles. The van der Waals surface area contributed by atoms with Gasteiger partial charge in [0.1, 0.15) is 5.75 Å². The molecule has 3 aromatic rings. The van der Waals surface area contributed by atoms with Crippen molar-refractivity contribution in [1.29, 1.82) is 0 Å². The van der Waals surface area contributed by atoms with Gasteiger partial charge in [-0.25, -0.2) is 0 Å². The average molecular weight is 317 g/mol. The summed E-state index contributed by atoms with van der Waals surface area (Å²) in [5.74, 6) is 0.942. The summed E-state index contributed by atoms with van der Waals surface area (Å²) < 4.78 is 5.50. The Labute approximate surface area is 143 Å². The number of benzene rings is 3. The second-order valence-electron chi connectivity index (χ2n) is 6.50. The summed E-state index contributed by atoms with van der Waals surface area (Å²) >= 11 is 0. The van der Waals surface area contributed by atoms with Crippen LogP contribution < -0.4 is 10.1 Å². The minimum absolute atomic E-state index is 0.454. The molecule has 2 nitrogen and oxygen atoms in total. The monoisotopic (exact) mass is 317 g/mol. The molecule has 0 bridgehead atoms. The molecule has 1 atom stereocenters. The van der Waals surface area contributed by atoms with E-state index in [0.29, 0.717) is 6.04 Å². The van der Waals surface area contributed by atoms with Gasteiger partial charge in [0.15, 0.2) is 0 Å². The molecule has 0 radical (unpaired) electrons. The SMILES string of the molecule is COc1ccc(CNC2CCCc3ccccc32)c2ccccc12. The Morgan fingerprint density at radius 1 is 0.958 bits per heavy atom. The third-order valence-electron chi connectivity index (χ3n) is 5.10. The summed E-state index contributed by atoms with van der Waals surface area (Å²) in [5.41, 5.74) is 4.30. The Bertz CT molecular complexity index is 855. The molecule has 3 aromatic carbocycles. The number of rotatable bonds is 4. The van der Waals surface area contributed by atoms with E-state index >= 15 is 0 Å². The maximum atomic E-state index is 5.50. The van der Waals surface area contributed by atoms with E-state index in [1.165, 1.54) is 46.7 Å². The zero-order valence-electron chi connectivity index (χ0n) is 14.1. The fraction of sp³-hybridized carbons (Fsp3) is 0.273. The Kier molecular flexibility index (Phi) is 4.22. The number of hydrogen-bond acceptors (Lipinski definition) is 2. The quantitative estimate of drug-likeness (QED) is 0.730. The van der Waals surface area contributed by atoms with Gasteiger partial charge in [0.05, 0.1) is 7.11 Å². The van der Waals surface area contributed by atoms with Crippen molar-refractivity contribution in [2.45, 2.75) is 31.8 Å². The molecule has 4 rings (SSSR count). The predicted molar refractivity (Wildman–Crippen MR) is 99.5 cm³/mol. The van der Waals surface area contributed by atoms with Crippen LogP contribution in [0.4, 0.5) is 0 Å². The van der Waals surface area contributed by atoms with Crippen LogP contribution in [0.5, 0.6) is 5.75 Å². The topological polar surface area (TPSA) is 21.3 Å². The minimum Gasteiger partial charge on any atom is -0.496 e. The maximum absolute atomic E-state index is 5.50. The van der Waals surface area contributed by atoms with Gasteiger partial charge in [-0.3, -0.25) is 0 Å². The molecular weight excluding hydrogens is 294 g/mol. The summed E-state index contributed by atoms with van der Waals surface area (Å²) in [4.78, 5) is 0. The molecule has 0 aliphatic heterocycles. The van der Waals surface area contributed by atoms with Crippen molar-refractivity contribution in [3.8, 4) is 5.75 Å². The molecule has 0 aromatic heterocycles. The largest absolute Gasteiger partial charge is 0.496 e. The molecule has 0 heterocycles. The molecule has 1 unspecified atom stereocenters. The smallest absolute Gasteiger partial charge is 0.126 e. The summed E-state index contributed by atoms with van der Waals surface area (Å²) in [5, 5.41) is 6.24. The first-order valence-corrected chi connectivity index (χ1v) is 8.72. The van der Waals surface area contributed by atoms with Crippen LogP contribution >= 0.6 is 0 Å². The molecule has 1 N–H and O–H groups in total. The van der Waals surface area contributed by atoms with Gasteiger partial charge >= 0.3 is 0 Å². The van der Waals surface area contributed by atoms with Crippen molar-refractivity contribution >= 4 is 10.8 Å². The zero-order valence-corrected chi connectivity index (χ0v) is 14.1. The van der Waals surface area contributed by atoms with E-state index < -0.39 is 0 Å². The number of nitrogens with one attached hydrogen (secondary N) is 1. The van der Waals surface area contributed by atoms with Crippen LogP contribution in [0.25, 0.3) is 10.8 Å². The lowest BCUT2D eigenvalue weighted by Gasteiger charge is -2.26. The van der Waals surface area contributed by atoms with Crippen LogP contribution in [0.15, 0.2) is 60.7 Å². The van der Waals surface area contributed by atoms with Gasteiger partial charge in [0.2, 0.25) is 0 Å². The van der Waals surface area contributed by atoms with Crippen molar-refractivity contribution in [3.05, 3.63) is 77.4 Å². The van der Waals surface area contributed by atoms with Crippen LogP contribution in [-0.4, -0.2) is 7.11 Å². The van der Waals surface area contributed by atoms with Crippen LogP contribution in [-0.2, 0) is 13.0 Å². The third-order valence-corrected chi connectivity index (χ3v) is 5.10. The van der Waals surface area contributed by atoms with Gasteiger partial charge in [-0.05, 0) is 47.4 Å². The average Bonchev–Trinajstić information content (AvgIpc) is 2.66. The lowest BCUT2D eigenvalue weighted by atomic mass is 9.87. The Hall–Kier alpha value is -2.32. The number of aryl methyl sites for hydroxylation is 1. The van der Waals surface area contributed by atoms with E-state index in [9.17, 15) is 0 Å². The fourth-order valence-electron chi connectivity index (χ4n) is 3.87. The minimum atomic E-state index is 0.454. The Morgan fingerprint density at radius 3 is 2.62 bits per heavy atom. The Morgan fingerprint density at radius 2 is 1.75 bits per heavy atom. The van der Waals surface area contributed by atoms with Gasteiger partial charge in [-0.1, -0.05) is 54.6 Å². The molecule has 0 saturated carbocycles. The first-order valence-electron chi connectivity index (χ1n) is 8.72. The predicted octanol–water partition coefficient (Wildman–Crippen LogP) is 5.02. The number of methoxy groups -OCH3 is 1. The molecule has 24 heavy (non-hydrogen) atoms. The third kappa shape index (κ3) is 2.78. The van der Waals surface area contributed by atoms with Gasteiger partial charge in [0.25, 0.3) is 0 Å². The van der Waals surface area contributed by atoms with Crippen LogP contribution in [0, 0.1) is 0 Å². The highest BCUT2D eigenvalue weighted by molar-refractivity contribution is 5.91. The van der Waals surface area contributed by atoms with E-state index in [1.807, 2.05) is 0 Å². The molecule has 0 spiro atoms. The van der Waals surface area contributed by atoms with Crippen LogP contribution in [0.1, 0.15) is 35.6 Å². The molecule has 1 aliphatic rings. The van der Waals surface area contributed by atoms with Crippen LogP contribution in [0.3, 0.4) is 0 Å². The van der Waals surface area contributed by atoms with E-state index in [-0.39, 0.29) is 0 Å². The van der Waals surface area contributed by atoms with Gasteiger partial charge in [0, 0.05) is 18.0 Å². The normalized spacial score (nSPS) is 16.8. The maximum Gasteiger partial charge on any atom is 0.126 e. The highest BCUT2D eigenvalue weighted by atomic mass is 16.5. The summed E-state index contributed by atoms with van der Waals surface area (Å²) in [7, 11) is 1.73. The second kappa shape index (κ2) is 6.66. The highest BCUT2D eigenvalue weighted by Gasteiger charge is 2.19.